The van der Waals surface area contributed by atoms with Crippen LogP contribution in [0.1, 0.15) is 5.56 Å². The maximum atomic E-state index is 12.0. The third-order valence-corrected chi connectivity index (χ3v) is 3.43. The summed E-state index contributed by atoms with van der Waals surface area (Å²) < 4.78 is 0. The van der Waals surface area contributed by atoms with Crippen molar-refractivity contribution in [1.29, 1.82) is 0 Å². The molecule has 3 rings (SSSR count). The van der Waals surface area contributed by atoms with E-state index in [1.54, 1.807) is 0 Å². The van der Waals surface area contributed by atoms with Crippen molar-refractivity contribution in [2.24, 2.45) is 5.16 Å². The average Bonchev–Trinajstić information content (AvgIpc) is 2.94. The lowest BCUT2D eigenvalue weighted by atomic mass is 10.0. The highest BCUT2D eigenvalue weighted by Crippen LogP contribution is 2.26. The number of oxime groups is 1. The highest BCUT2D eigenvalue weighted by Gasteiger charge is 2.35. The van der Waals surface area contributed by atoms with E-state index in [1.165, 1.54) is 0 Å². The molecule has 0 radical (unpaired) electrons. The topological polar surface area (TPSA) is 45.1 Å². The van der Waals surface area contributed by atoms with Crippen LogP contribution in [0.2, 0.25) is 0 Å². The summed E-state index contributed by atoms with van der Waals surface area (Å²) in [4.78, 5) is 21.0. The fourth-order valence-corrected chi connectivity index (χ4v) is 2.45. The number of nitrogens with zero attached hydrogens (tertiary/aromatic N) is 3. The van der Waals surface area contributed by atoms with Gasteiger partial charge in [0.25, 0.3) is 0 Å². The molecular formula is C14H15N3O2. The lowest BCUT2D eigenvalue weighted by Gasteiger charge is -2.19. The van der Waals surface area contributed by atoms with Gasteiger partial charge in [-0.1, -0.05) is 35.5 Å². The molecule has 0 bridgehead atoms. The molecule has 0 amide bonds. The van der Waals surface area contributed by atoms with Gasteiger partial charge in [-0.2, -0.15) is 0 Å². The first-order chi connectivity index (χ1) is 9.18. The number of likely N-dealkylation sites (N-methyl/N-ethyl adjacent to an activating group) is 2. The number of hydrogen-bond acceptors (Lipinski definition) is 5. The van der Waals surface area contributed by atoms with E-state index in [0.29, 0.717) is 11.3 Å². The molecule has 5 nitrogen and oxygen atoms in total. The molecule has 0 aliphatic carbocycles. The van der Waals surface area contributed by atoms with Crippen molar-refractivity contribution < 1.29 is 9.63 Å². The van der Waals surface area contributed by atoms with Crippen LogP contribution in [0.15, 0.2) is 46.9 Å². The Balaban J connectivity index is 2.11. The van der Waals surface area contributed by atoms with Crippen LogP contribution in [0.25, 0.3) is 0 Å². The molecule has 2 aliphatic heterocycles. The van der Waals surface area contributed by atoms with Crippen LogP contribution in [0.4, 0.5) is 0 Å². The molecule has 0 spiro atoms. The van der Waals surface area contributed by atoms with Gasteiger partial charge in [-0.25, -0.2) is 4.79 Å². The second kappa shape index (κ2) is 4.42. The van der Waals surface area contributed by atoms with Crippen molar-refractivity contribution in [2.75, 3.05) is 27.2 Å². The van der Waals surface area contributed by atoms with Gasteiger partial charge < -0.3 is 14.6 Å². The minimum Gasteiger partial charge on any atom is -0.359 e. The molecule has 1 saturated heterocycles. The van der Waals surface area contributed by atoms with E-state index in [0.717, 1.165) is 24.5 Å². The van der Waals surface area contributed by atoms with Crippen molar-refractivity contribution in [1.82, 2.24) is 9.80 Å². The zero-order chi connectivity index (χ0) is 13.4. The zero-order valence-electron chi connectivity index (χ0n) is 11.0. The quantitative estimate of drug-likeness (QED) is 0.557. The van der Waals surface area contributed by atoms with Gasteiger partial charge in [-0.15, -0.1) is 0 Å². The van der Waals surface area contributed by atoms with Gasteiger partial charge >= 0.3 is 5.97 Å². The minimum absolute atomic E-state index is 0.380. The van der Waals surface area contributed by atoms with Gasteiger partial charge in [-0.05, 0) is 0 Å². The Morgan fingerprint density at radius 1 is 1.11 bits per heavy atom. The van der Waals surface area contributed by atoms with E-state index in [-0.39, 0.29) is 5.97 Å². The zero-order valence-corrected chi connectivity index (χ0v) is 11.0. The minimum atomic E-state index is -0.380. The van der Waals surface area contributed by atoms with Gasteiger partial charge in [0.2, 0.25) is 0 Å². The van der Waals surface area contributed by atoms with E-state index in [4.69, 9.17) is 4.84 Å². The smallest absolute Gasteiger partial charge is 0.359 e. The van der Waals surface area contributed by atoms with Gasteiger partial charge in [-0.3, -0.25) is 0 Å². The molecular weight excluding hydrogens is 242 g/mol. The summed E-state index contributed by atoms with van der Waals surface area (Å²) in [6.07, 6.45) is 0. The Labute approximate surface area is 111 Å². The molecule has 0 aromatic heterocycles. The van der Waals surface area contributed by atoms with Crippen LogP contribution in [0.5, 0.6) is 0 Å². The number of benzene rings is 1. The predicted octanol–water partition coefficient (Wildman–Crippen LogP) is 1.04. The fourth-order valence-electron chi connectivity index (χ4n) is 2.45. The van der Waals surface area contributed by atoms with Crippen LogP contribution in [0.3, 0.4) is 0 Å². The van der Waals surface area contributed by atoms with Gasteiger partial charge in [0.05, 0.1) is 0 Å². The van der Waals surface area contributed by atoms with Crippen LogP contribution in [-0.2, 0) is 9.63 Å². The van der Waals surface area contributed by atoms with Crippen LogP contribution < -0.4 is 0 Å². The van der Waals surface area contributed by atoms with E-state index < -0.39 is 0 Å². The van der Waals surface area contributed by atoms with Gasteiger partial charge in [0.1, 0.15) is 17.1 Å². The summed E-state index contributed by atoms with van der Waals surface area (Å²) in [5.74, 6) is 0.500. The fraction of sp³-hybridized carbons (Fsp3) is 0.286. The summed E-state index contributed by atoms with van der Waals surface area (Å²) in [6, 6.07) is 9.63. The highest BCUT2D eigenvalue weighted by molar-refractivity contribution is 6.29. The Bertz CT molecular complexity index is 566. The lowest BCUT2D eigenvalue weighted by molar-refractivity contribution is -0.137. The predicted molar refractivity (Wildman–Crippen MR) is 71.4 cm³/mol. The molecule has 1 aromatic rings. The van der Waals surface area contributed by atoms with Crippen LogP contribution in [0, 0.1) is 0 Å². The third-order valence-electron chi connectivity index (χ3n) is 3.43. The summed E-state index contributed by atoms with van der Waals surface area (Å²) in [6.45, 7) is 1.79. The Hall–Kier alpha value is -2.30. The molecule has 1 fully saturated rings. The first-order valence-electron chi connectivity index (χ1n) is 6.20. The van der Waals surface area contributed by atoms with Crippen LogP contribution >= 0.6 is 0 Å². The van der Waals surface area contributed by atoms with Crippen molar-refractivity contribution in [3.8, 4) is 0 Å². The molecule has 0 unspecified atom stereocenters. The van der Waals surface area contributed by atoms with E-state index in [2.05, 4.69) is 15.0 Å². The number of carbonyl (C=O) groups excluding carboxylic acids is 1. The summed E-state index contributed by atoms with van der Waals surface area (Å²) in [7, 11) is 3.94. The maximum absolute atomic E-state index is 12.0. The van der Waals surface area contributed by atoms with Crippen molar-refractivity contribution in [2.45, 2.75) is 0 Å². The Kier molecular flexibility index (Phi) is 2.74. The molecule has 1 aromatic carbocycles. The number of rotatable bonds is 1. The van der Waals surface area contributed by atoms with E-state index in [1.807, 2.05) is 44.4 Å². The normalized spacial score (nSPS) is 19.1. The molecule has 19 heavy (non-hydrogen) atoms. The monoisotopic (exact) mass is 257 g/mol. The van der Waals surface area contributed by atoms with E-state index in [9.17, 15) is 4.79 Å². The van der Waals surface area contributed by atoms with Gasteiger partial charge in [0.15, 0.2) is 0 Å². The van der Waals surface area contributed by atoms with Crippen molar-refractivity contribution in [3.63, 3.8) is 0 Å². The van der Waals surface area contributed by atoms with E-state index >= 15 is 0 Å². The second-order valence-corrected chi connectivity index (χ2v) is 4.73. The van der Waals surface area contributed by atoms with Crippen molar-refractivity contribution in [3.05, 3.63) is 47.3 Å². The largest absolute Gasteiger partial charge is 0.371 e. The molecule has 0 N–H and O–H groups in total. The van der Waals surface area contributed by atoms with Crippen molar-refractivity contribution >= 4 is 11.7 Å². The Morgan fingerprint density at radius 3 is 2.37 bits per heavy atom. The number of carbonyl (C=O) groups is 1. The summed E-state index contributed by atoms with van der Waals surface area (Å²) in [5.41, 5.74) is 2.06. The molecule has 2 heterocycles. The first kappa shape index (κ1) is 11.8. The molecule has 2 aliphatic rings. The number of hydrogen-bond donors (Lipinski definition) is 0. The molecule has 0 atom stereocenters. The lowest BCUT2D eigenvalue weighted by Crippen LogP contribution is -2.24. The first-order valence-corrected chi connectivity index (χ1v) is 6.20. The maximum Gasteiger partial charge on any atom is 0.371 e. The second-order valence-electron chi connectivity index (χ2n) is 4.73. The molecule has 98 valence electrons. The SMILES string of the molecule is CN1CCN(C)C1=C1C(=O)ON=C1c1ccccc1. The standard InChI is InChI=1S/C14H15N3O2/c1-16-8-9-17(2)13(16)11-12(15-19-14(11)18)10-6-4-3-5-7-10/h3-7H,8-9H2,1-2H3. The van der Waals surface area contributed by atoms with Gasteiger partial charge in [0, 0.05) is 32.7 Å². The average molecular weight is 257 g/mol. The third kappa shape index (κ3) is 1.87. The molecule has 0 saturated carbocycles. The highest BCUT2D eigenvalue weighted by atomic mass is 16.7. The van der Waals surface area contributed by atoms with Crippen LogP contribution in [-0.4, -0.2) is 48.7 Å². The summed E-state index contributed by atoms with van der Waals surface area (Å²) in [5, 5.41) is 3.94. The summed E-state index contributed by atoms with van der Waals surface area (Å²) >= 11 is 0. The Morgan fingerprint density at radius 2 is 1.74 bits per heavy atom. The molecule has 5 heteroatoms.